The van der Waals surface area contributed by atoms with Gasteiger partial charge in [-0.2, -0.15) is 0 Å². The molecule has 0 spiro atoms. The van der Waals surface area contributed by atoms with Crippen molar-refractivity contribution in [2.75, 3.05) is 19.7 Å². The number of rotatable bonds is 9. The summed E-state index contributed by atoms with van der Waals surface area (Å²) in [4.78, 5) is 46.5. The van der Waals surface area contributed by atoms with Crippen LogP contribution in [0.5, 0.6) is 0 Å². The first-order valence-corrected chi connectivity index (χ1v) is 7.48. The standard InChI is InChI=1S/C16H24N2O5/c1-15(2,14(22)17-8-9-19)7-10-23-16(3,4)11-18-12(20)5-6-13(18)21/h5-6,9H,7-8,10-11H2,1-4H3,(H,17,22). The minimum absolute atomic E-state index is 0.0131. The molecule has 3 amide bonds. The predicted octanol–water partition coefficient (Wildman–Crippen LogP) is 0.438. The van der Waals surface area contributed by atoms with Gasteiger partial charge in [0.05, 0.1) is 18.7 Å². The van der Waals surface area contributed by atoms with Gasteiger partial charge in [0.15, 0.2) is 0 Å². The fourth-order valence-electron chi connectivity index (χ4n) is 2.08. The van der Waals surface area contributed by atoms with Crippen molar-refractivity contribution in [1.82, 2.24) is 10.2 Å². The topological polar surface area (TPSA) is 92.8 Å². The van der Waals surface area contributed by atoms with E-state index in [-0.39, 0.29) is 37.4 Å². The van der Waals surface area contributed by atoms with E-state index in [1.807, 2.05) is 0 Å². The lowest BCUT2D eigenvalue weighted by molar-refractivity contribution is -0.142. The number of amides is 3. The number of hydrogen-bond donors (Lipinski definition) is 1. The number of carbonyl (C=O) groups excluding carboxylic acids is 4. The Hall–Kier alpha value is -2.02. The van der Waals surface area contributed by atoms with Crippen LogP contribution in [-0.2, 0) is 23.9 Å². The highest BCUT2D eigenvalue weighted by molar-refractivity contribution is 6.12. The summed E-state index contributed by atoms with van der Waals surface area (Å²) < 4.78 is 5.76. The largest absolute Gasteiger partial charge is 0.374 e. The lowest BCUT2D eigenvalue weighted by Crippen LogP contribution is -2.44. The van der Waals surface area contributed by atoms with Crippen LogP contribution < -0.4 is 5.32 Å². The fourth-order valence-corrected chi connectivity index (χ4v) is 2.08. The number of aldehydes is 1. The van der Waals surface area contributed by atoms with Crippen molar-refractivity contribution in [3.8, 4) is 0 Å². The Morgan fingerprint density at radius 2 is 1.78 bits per heavy atom. The van der Waals surface area contributed by atoms with Crippen molar-refractivity contribution in [3.63, 3.8) is 0 Å². The fraction of sp³-hybridized carbons (Fsp3) is 0.625. The van der Waals surface area contributed by atoms with Crippen LogP contribution in [0.2, 0.25) is 0 Å². The molecule has 0 aliphatic carbocycles. The van der Waals surface area contributed by atoms with Crippen LogP contribution in [0.25, 0.3) is 0 Å². The smallest absolute Gasteiger partial charge is 0.253 e. The summed E-state index contributed by atoms with van der Waals surface area (Å²) in [6, 6.07) is 0. The van der Waals surface area contributed by atoms with Crippen molar-refractivity contribution in [3.05, 3.63) is 12.2 Å². The molecule has 0 atom stereocenters. The number of nitrogens with one attached hydrogen (secondary N) is 1. The maximum atomic E-state index is 11.9. The summed E-state index contributed by atoms with van der Waals surface area (Å²) in [5.41, 5.74) is -1.40. The van der Waals surface area contributed by atoms with E-state index in [0.717, 1.165) is 4.90 Å². The van der Waals surface area contributed by atoms with Crippen molar-refractivity contribution >= 4 is 24.0 Å². The number of nitrogens with zero attached hydrogens (tertiary/aromatic N) is 1. The Bertz CT molecular complexity index is 505. The first-order valence-electron chi connectivity index (χ1n) is 7.48. The second kappa shape index (κ2) is 7.50. The molecular formula is C16H24N2O5. The summed E-state index contributed by atoms with van der Waals surface area (Å²) >= 11 is 0. The molecule has 0 saturated carbocycles. The third-order valence-electron chi connectivity index (χ3n) is 3.62. The van der Waals surface area contributed by atoms with E-state index >= 15 is 0 Å². The molecule has 1 rings (SSSR count). The molecule has 0 aromatic rings. The molecule has 7 nitrogen and oxygen atoms in total. The molecule has 1 aliphatic rings. The molecule has 1 aliphatic heterocycles. The summed E-state index contributed by atoms with van der Waals surface area (Å²) in [6.45, 7) is 7.52. The normalized spacial score (nSPS) is 15.2. The maximum Gasteiger partial charge on any atom is 0.253 e. The van der Waals surface area contributed by atoms with E-state index in [0.29, 0.717) is 12.7 Å². The molecule has 128 valence electrons. The van der Waals surface area contributed by atoms with Crippen molar-refractivity contribution in [2.24, 2.45) is 5.41 Å². The van der Waals surface area contributed by atoms with Gasteiger partial charge in [-0.15, -0.1) is 0 Å². The van der Waals surface area contributed by atoms with Crippen LogP contribution in [0.3, 0.4) is 0 Å². The Kier molecular flexibility index (Phi) is 6.20. The highest BCUT2D eigenvalue weighted by atomic mass is 16.5. The Morgan fingerprint density at radius 3 is 2.30 bits per heavy atom. The number of carbonyl (C=O) groups is 4. The molecule has 0 unspecified atom stereocenters. The first-order chi connectivity index (χ1) is 10.6. The number of hydrogen-bond acceptors (Lipinski definition) is 5. The molecule has 23 heavy (non-hydrogen) atoms. The SMILES string of the molecule is CC(C)(CN1C(=O)C=CC1=O)OCCC(C)(C)C(=O)NCC=O. The van der Waals surface area contributed by atoms with Crippen molar-refractivity contribution < 1.29 is 23.9 Å². The van der Waals surface area contributed by atoms with E-state index in [4.69, 9.17) is 4.74 Å². The molecule has 0 aromatic heterocycles. The van der Waals surface area contributed by atoms with Crippen LogP contribution in [0.15, 0.2) is 12.2 Å². The first kappa shape index (κ1) is 19.0. The van der Waals surface area contributed by atoms with Crippen LogP contribution in [0.4, 0.5) is 0 Å². The molecule has 1 heterocycles. The van der Waals surface area contributed by atoms with Gasteiger partial charge in [0.1, 0.15) is 6.29 Å². The molecule has 0 saturated heterocycles. The van der Waals surface area contributed by atoms with E-state index in [1.165, 1.54) is 12.2 Å². The molecular weight excluding hydrogens is 300 g/mol. The summed E-state index contributed by atoms with van der Waals surface area (Å²) in [6.07, 6.45) is 3.55. The van der Waals surface area contributed by atoms with Crippen LogP contribution >= 0.6 is 0 Å². The Labute approximate surface area is 136 Å². The van der Waals surface area contributed by atoms with Crippen LogP contribution in [-0.4, -0.2) is 54.2 Å². The van der Waals surface area contributed by atoms with Gasteiger partial charge in [-0.3, -0.25) is 19.3 Å². The van der Waals surface area contributed by atoms with Gasteiger partial charge in [0.2, 0.25) is 5.91 Å². The van der Waals surface area contributed by atoms with Gasteiger partial charge < -0.3 is 14.8 Å². The van der Waals surface area contributed by atoms with E-state index < -0.39 is 11.0 Å². The van der Waals surface area contributed by atoms with Gasteiger partial charge in [0, 0.05) is 24.2 Å². The summed E-state index contributed by atoms with van der Waals surface area (Å²) in [7, 11) is 0. The minimum Gasteiger partial charge on any atom is -0.374 e. The molecule has 7 heteroatoms. The summed E-state index contributed by atoms with van der Waals surface area (Å²) in [5, 5.41) is 2.52. The van der Waals surface area contributed by atoms with Gasteiger partial charge in [0.25, 0.3) is 11.8 Å². The molecule has 0 bridgehead atoms. The summed E-state index contributed by atoms with van der Waals surface area (Å²) in [5.74, 6) is -0.916. The van der Waals surface area contributed by atoms with Crippen molar-refractivity contribution in [1.29, 1.82) is 0 Å². The van der Waals surface area contributed by atoms with Crippen LogP contribution in [0.1, 0.15) is 34.1 Å². The van der Waals surface area contributed by atoms with E-state index in [9.17, 15) is 19.2 Å². The van der Waals surface area contributed by atoms with Gasteiger partial charge in [-0.05, 0) is 20.3 Å². The van der Waals surface area contributed by atoms with Crippen molar-refractivity contribution in [2.45, 2.75) is 39.7 Å². The quantitative estimate of drug-likeness (QED) is 0.491. The number of ether oxygens (including phenoxy) is 1. The predicted molar refractivity (Wildman–Crippen MR) is 83.4 cm³/mol. The molecule has 0 radical (unpaired) electrons. The zero-order chi connectivity index (χ0) is 17.7. The second-order valence-electron chi connectivity index (χ2n) is 6.71. The lowest BCUT2D eigenvalue weighted by Gasteiger charge is -2.31. The zero-order valence-electron chi connectivity index (χ0n) is 14.0. The number of imide groups is 1. The highest BCUT2D eigenvalue weighted by Gasteiger charge is 2.32. The molecule has 0 aromatic carbocycles. The average Bonchev–Trinajstić information content (AvgIpc) is 2.75. The lowest BCUT2D eigenvalue weighted by atomic mass is 9.88. The Morgan fingerprint density at radius 1 is 1.22 bits per heavy atom. The monoisotopic (exact) mass is 324 g/mol. The van der Waals surface area contributed by atoms with Gasteiger partial charge in [-0.1, -0.05) is 13.8 Å². The third-order valence-corrected chi connectivity index (χ3v) is 3.62. The Balaban J connectivity index is 2.46. The van der Waals surface area contributed by atoms with Crippen LogP contribution in [0, 0.1) is 5.41 Å². The highest BCUT2D eigenvalue weighted by Crippen LogP contribution is 2.23. The third kappa shape index (κ3) is 5.59. The van der Waals surface area contributed by atoms with Gasteiger partial charge >= 0.3 is 0 Å². The second-order valence-corrected chi connectivity index (χ2v) is 6.71. The van der Waals surface area contributed by atoms with E-state index in [2.05, 4.69) is 5.32 Å². The van der Waals surface area contributed by atoms with Gasteiger partial charge in [-0.25, -0.2) is 0 Å². The average molecular weight is 324 g/mol. The molecule has 1 N–H and O–H groups in total. The minimum atomic E-state index is -0.716. The molecule has 0 fully saturated rings. The van der Waals surface area contributed by atoms with E-state index in [1.54, 1.807) is 27.7 Å². The maximum absolute atomic E-state index is 11.9. The zero-order valence-corrected chi connectivity index (χ0v) is 14.0.